The average molecular weight is 495 g/mol. The lowest BCUT2D eigenvalue weighted by molar-refractivity contribution is -0.152. The number of nitrogens with zero attached hydrogens (tertiary/aromatic N) is 1. The zero-order chi connectivity index (χ0) is 21.7. The van der Waals surface area contributed by atoms with Crippen LogP contribution in [0.2, 0.25) is 5.02 Å². The quantitative estimate of drug-likeness (QED) is 0.491. The van der Waals surface area contributed by atoms with E-state index in [0.29, 0.717) is 16.3 Å². The molecule has 2 aromatic rings. The molecule has 0 unspecified atom stereocenters. The van der Waals surface area contributed by atoms with Gasteiger partial charge in [-0.2, -0.15) is 0 Å². The normalized spacial score (nSPS) is 15.6. The van der Waals surface area contributed by atoms with Crippen molar-refractivity contribution < 1.29 is 23.9 Å². The molecule has 1 fully saturated rings. The summed E-state index contributed by atoms with van der Waals surface area (Å²) in [5.41, 5.74) is 5.39. The summed E-state index contributed by atoms with van der Waals surface area (Å²) in [6.45, 7) is -0.424. The molecule has 30 heavy (non-hydrogen) atoms. The Morgan fingerprint density at radius 1 is 1.07 bits per heavy atom. The number of hydrogen-bond acceptors (Lipinski definition) is 5. The first-order valence-electron chi connectivity index (χ1n) is 8.91. The number of rotatable bonds is 5. The Kier molecular flexibility index (Phi) is 7.07. The molecule has 2 aromatic carbocycles. The predicted octanol–water partition coefficient (Wildman–Crippen LogP) is 2.46. The minimum atomic E-state index is -0.701. The highest BCUT2D eigenvalue weighted by atomic mass is 79.9. The number of hydrogen-bond donors (Lipinski definition) is 2. The van der Waals surface area contributed by atoms with Gasteiger partial charge in [0.2, 0.25) is 5.91 Å². The third-order valence-electron chi connectivity index (χ3n) is 4.36. The Morgan fingerprint density at radius 2 is 1.73 bits per heavy atom. The summed E-state index contributed by atoms with van der Waals surface area (Å²) in [7, 11) is 0. The van der Waals surface area contributed by atoms with Gasteiger partial charge in [0.1, 0.15) is 0 Å². The Hall–Kier alpha value is -2.91. The maximum atomic E-state index is 12.2. The van der Waals surface area contributed by atoms with Gasteiger partial charge in [0.05, 0.1) is 5.92 Å². The second-order valence-corrected chi connectivity index (χ2v) is 7.85. The van der Waals surface area contributed by atoms with Gasteiger partial charge in [-0.1, -0.05) is 27.5 Å². The van der Waals surface area contributed by atoms with Crippen molar-refractivity contribution in [3.8, 4) is 0 Å². The van der Waals surface area contributed by atoms with Crippen LogP contribution in [0.15, 0.2) is 53.0 Å². The summed E-state index contributed by atoms with van der Waals surface area (Å²) < 4.78 is 5.80. The van der Waals surface area contributed by atoms with Crippen molar-refractivity contribution in [1.82, 2.24) is 10.9 Å². The summed E-state index contributed by atoms with van der Waals surface area (Å²) in [5, 5.41) is 0.541. The topological polar surface area (TPSA) is 105 Å². The molecule has 1 heterocycles. The van der Waals surface area contributed by atoms with E-state index in [2.05, 4.69) is 26.8 Å². The van der Waals surface area contributed by atoms with Gasteiger partial charge in [-0.25, -0.2) is 0 Å². The van der Waals surface area contributed by atoms with Gasteiger partial charge in [0, 0.05) is 33.7 Å². The molecule has 0 spiro atoms. The molecule has 10 heteroatoms. The molecule has 0 radical (unpaired) electrons. The van der Waals surface area contributed by atoms with E-state index in [1.54, 1.807) is 48.5 Å². The Balaban J connectivity index is 1.44. The minimum Gasteiger partial charge on any atom is -0.455 e. The number of carbonyl (C=O) groups excluding carboxylic acids is 4. The van der Waals surface area contributed by atoms with Gasteiger partial charge in [0.25, 0.3) is 11.8 Å². The second kappa shape index (κ2) is 9.73. The monoisotopic (exact) mass is 493 g/mol. The lowest BCUT2D eigenvalue weighted by atomic mass is 10.1. The van der Waals surface area contributed by atoms with Crippen LogP contribution in [0.3, 0.4) is 0 Å². The Morgan fingerprint density at radius 3 is 2.40 bits per heavy atom. The van der Waals surface area contributed by atoms with Crippen LogP contribution in [-0.4, -0.2) is 36.8 Å². The van der Waals surface area contributed by atoms with Gasteiger partial charge in [-0.05, 0) is 48.5 Å². The fourth-order valence-electron chi connectivity index (χ4n) is 2.83. The van der Waals surface area contributed by atoms with E-state index >= 15 is 0 Å². The highest BCUT2D eigenvalue weighted by Crippen LogP contribution is 2.26. The lowest BCUT2D eigenvalue weighted by Gasteiger charge is -2.16. The van der Waals surface area contributed by atoms with Crippen molar-refractivity contribution in [3.63, 3.8) is 0 Å². The summed E-state index contributed by atoms with van der Waals surface area (Å²) in [4.78, 5) is 49.7. The molecule has 1 saturated heterocycles. The van der Waals surface area contributed by atoms with Gasteiger partial charge < -0.3 is 9.64 Å². The van der Waals surface area contributed by atoms with E-state index in [4.69, 9.17) is 16.3 Å². The molecule has 0 bridgehead atoms. The third-order valence-corrected chi connectivity index (χ3v) is 5.14. The summed E-state index contributed by atoms with van der Waals surface area (Å²) in [5.74, 6) is -2.77. The van der Waals surface area contributed by atoms with E-state index < -0.39 is 30.3 Å². The first-order valence-corrected chi connectivity index (χ1v) is 10.1. The zero-order valence-corrected chi connectivity index (χ0v) is 17.9. The fraction of sp³-hybridized carbons (Fsp3) is 0.200. The first-order chi connectivity index (χ1) is 14.3. The standard InChI is InChI=1S/C20H17BrClN3O5/c21-14-3-1-12(2-4-14)19(28)24-23-17(26)11-30-20(29)13-9-18(27)25(10-13)16-7-5-15(22)6-8-16/h1-8,13H,9-11H2,(H,23,26)(H,24,28)/t13-/m0/s1. The highest BCUT2D eigenvalue weighted by Gasteiger charge is 2.36. The number of carbonyl (C=O) groups is 4. The lowest BCUT2D eigenvalue weighted by Crippen LogP contribution is -2.43. The van der Waals surface area contributed by atoms with E-state index in [-0.39, 0.29) is 18.9 Å². The number of hydrazine groups is 1. The SMILES string of the molecule is O=C(COC(=O)[C@H]1CC(=O)N(c2ccc(Cl)cc2)C1)NNC(=O)c1ccc(Br)cc1. The van der Waals surface area contributed by atoms with Crippen molar-refractivity contribution in [2.75, 3.05) is 18.1 Å². The van der Waals surface area contributed by atoms with Gasteiger partial charge in [-0.15, -0.1) is 0 Å². The molecule has 8 nitrogen and oxygen atoms in total. The predicted molar refractivity (Wildman–Crippen MR) is 113 cm³/mol. The summed E-state index contributed by atoms with van der Waals surface area (Å²) in [6.07, 6.45) is -0.0105. The summed E-state index contributed by atoms with van der Waals surface area (Å²) in [6, 6.07) is 13.2. The van der Waals surface area contributed by atoms with E-state index in [0.717, 1.165) is 4.47 Å². The maximum absolute atomic E-state index is 12.2. The number of halogens is 2. The van der Waals surface area contributed by atoms with E-state index in [1.165, 1.54) is 4.90 Å². The Labute approximate surface area is 185 Å². The van der Waals surface area contributed by atoms with Crippen molar-refractivity contribution in [1.29, 1.82) is 0 Å². The molecule has 1 aliphatic rings. The van der Waals surface area contributed by atoms with Crippen LogP contribution in [0.25, 0.3) is 0 Å². The fourth-order valence-corrected chi connectivity index (χ4v) is 3.22. The highest BCUT2D eigenvalue weighted by molar-refractivity contribution is 9.10. The third kappa shape index (κ3) is 5.58. The number of nitrogens with one attached hydrogen (secondary N) is 2. The molecule has 156 valence electrons. The van der Waals surface area contributed by atoms with Crippen LogP contribution < -0.4 is 15.8 Å². The number of amides is 3. The number of anilines is 1. The second-order valence-electron chi connectivity index (χ2n) is 6.50. The number of benzene rings is 2. The van der Waals surface area contributed by atoms with Crippen molar-refractivity contribution in [3.05, 3.63) is 63.6 Å². The van der Waals surface area contributed by atoms with Crippen LogP contribution in [0, 0.1) is 5.92 Å². The van der Waals surface area contributed by atoms with Gasteiger partial charge in [0.15, 0.2) is 6.61 Å². The number of esters is 1. The van der Waals surface area contributed by atoms with Gasteiger partial charge in [-0.3, -0.25) is 30.0 Å². The first kappa shape index (κ1) is 21.8. The molecule has 1 atom stereocenters. The molecule has 2 N–H and O–H groups in total. The minimum absolute atomic E-state index is 0.0105. The molecule has 3 amide bonds. The largest absolute Gasteiger partial charge is 0.455 e. The smallest absolute Gasteiger partial charge is 0.311 e. The summed E-state index contributed by atoms with van der Waals surface area (Å²) >= 11 is 9.11. The Bertz CT molecular complexity index is 965. The van der Waals surface area contributed by atoms with Crippen molar-refractivity contribution >= 4 is 56.9 Å². The zero-order valence-electron chi connectivity index (χ0n) is 15.6. The van der Waals surface area contributed by atoms with Crippen LogP contribution in [0.4, 0.5) is 5.69 Å². The van der Waals surface area contributed by atoms with Crippen LogP contribution in [0.1, 0.15) is 16.8 Å². The van der Waals surface area contributed by atoms with Gasteiger partial charge >= 0.3 is 5.97 Å². The van der Waals surface area contributed by atoms with E-state index in [1.807, 2.05) is 0 Å². The average Bonchev–Trinajstić information content (AvgIpc) is 3.13. The van der Waals surface area contributed by atoms with Crippen LogP contribution in [-0.2, 0) is 19.1 Å². The molecule has 3 rings (SSSR count). The molecule has 1 aliphatic heterocycles. The van der Waals surface area contributed by atoms with Crippen molar-refractivity contribution in [2.24, 2.45) is 5.92 Å². The van der Waals surface area contributed by atoms with Crippen LogP contribution in [0.5, 0.6) is 0 Å². The molecule has 0 saturated carbocycles. The maximum Gasteiger partial charge on any atom is 0.311 e. The van der Waals surface area contributed by atoms with E-state index in [9.17, 15) is 19.2 Å². The number of ether oxygens (including phenoxy) is 1. The van der Waals surface area contributed by atoms with Crippen LogP contribution >= 0.6 is 27.5 Å². The molecular formula is C20H17BrClN3O5. The molecular weight excluding hydrogens is 478 g/mol. The van der Waals surface area contributed by atoms with Crippen molar-refractivity contribution in [2.45, 2.75) is 6.42 Å². The molecule has 0 aliphatic carbocycles. The molecule has 0 aromatic heterocycles.